The van der Waals surface area contributed by atoms with Gasteiger partial charge in [0.25, 0.3) is 0 Å². The predicted molar refractivity (Wildman–Crippen MR) is 94.2 cm³/mol. The van der Waals surface area contributed by atoms with Crippen LogP contribution in [0.15, 0.2) is 24.3 Å². The van der Waals surface area contributed by atoms with Crippen LogP contribution in [0.5, 0.6) is 5.75 Å². The van der Waals surface area contributed by atoms with Crippen LogP contribution >= 0.6 is 0 Å². The molecular weight excluding hydrogens is 306 g/mol. The maximum Gasteiger partial charge on any atom is 0.322 e. The van der Waals surface area contributed by atoms with Crippen molar-refractivity contribution in [2.75, 3.05) is 25.0 Å². The molecule has 6 nitrogen and oxygen atoms in total. The highest BCUT2D eigenvalue weighted by atomic mass is 16.5. The maximum atomic E-state index is 12.6. The van der Waals surface area contributed by atoms with Gasteiger partial charge in [-0.15, -0.1) is 0 Å². The van der Waals surface area contributed by atoms with Crippen LogP contribution in [-0.2, 0) is 4.79 Å². The summed E-state index contributed by atoms with van der Waals surface area (Å²) in [5.74, 6) is 0.943. The summed E-state index contributed by atoms with van der Waals surface area (Å²) in [4.78, 5) is 26.5. The highest BCUT2D eigenvalue weighted by molar-refractivity contribution is 5.95. The Labute approximate surface area is 143 Å². The van der Waals surface area contributed by atoms with Gasteiger partial charge >= 0.3 is 6.03 Å². The summed E-state index contributed by atoms with van der Waals surface area (Å²) in [6.07, 6.45) is 1.53. The number of nitrogens with one attached hydrogen (secondary N) is 2. The summed E-state index contributed by atoms with van der Waals surface area (Å²) in [5, 5.41) is 5.79. The lowest BCUT2D eigenvalue weighted by atomic mass is 10.2. The third-order valence-corrected chi connectivity index (χ3v) is 3.93. The molecule has 1 saturated heterocycles. The standard InChI is InChI=1S/C18H27N3O3/c1-4-24-16-10-6-5-8-14(16)20-18(23)21-11-7-9-15(21)17(22)19-12-13(2)3/h5-6,8,10,13,15H,4,7,9,11-12H2,1-3H3,(H,19,22)(H,20,23). The molecule has 132 valence electrons. The number of benzene rings is 1. The SMILES string of the molecule is CCOc1ccccc1NC(=O)N1CCCC1C(=O)NCC(C)C. The molecule has 0 aliphatic carbocycles. The molecule has 0 aromatic heterocycles. The van der Waals surface area contributed by atoms with Gasteiger partial charge in [0.2, 0.25) is 5.91 Å². The number of urea groups is 1. The molecule has 0 spiro atoms. The summed E-state index contributed by atoms with van der Waals surface area (Å²) in [5.41, 5.74) is 0.623. The number of amides is 3. The van der Waals surface area contributed by atoms with Crippen molar-refractivity contribution in [3.05, 3.63) is 24.3 Å². The average molecular weight is 333 g/mol. The van der Waals surface area contributed by atoms with E-state index in [0.29, 0.717) is 43.5 Å². The Morgan fingerprint density at radius 3 is 2.79 bits per heavy atom. The van der Waals surface area contributed by atoms with Crippen molar-refractivity contribution in [1.82, 2.24) is 10.2 Å². The highest BCUT2D eigenvalue weighted by Gasteiger charge is 2.34. The second kappa shape index (κ2) is 8.57. The predicted octanol–water partition coefficient (Wildman–Crippen LogP) is 2.85. The summed E-state index contributed by atoms with van der Waals surface area (Å²) < 4.78 is 5.53. The van der Waals surface area contributed by atoms with Gasteiger partial charge in [-0.3, -0.25) is 4.79 Å². The van der Waals surface area contributed by atoms with Crippen molar-refractivity contribution < 1.29 is 14.3 Å². The summed E-state index contributed by atoms with van der Waals surface area (Å²) in [7, 11) is 0. The van der Waals surface area contributed by atoms with E-state index in [4.69, 9.17) is 4.74 Å². The van der Waals surface area contributed by atoms with Gasteiger partial charge in [-0.2, -0.15) is 0 Å². The van der Waals surface area contributed by atoms with E-state index in [1.165, 1.54) is 0 Å². The number of rotatable bonds is 6. The van der Waals surface area contributed by atoms with Crippen LogP contribution in [0.3, 0.4) is 0 Å². The smallest absolute Gasteiger partial charge is 0.322 e. The summed E-state index contributed by atoms with van der Waals surface area (Å²) in [6, 6.07) is 6.66. The van der Waals surface area contributed by atoms with E-state index in [1.807, 2.05) is 39.0 Å². The lowest BCUT2D eigenvalue weighted by Crippen LogP contribution is -2.48. The molecule has 1 aromatic carbocycles. The Hall–Kier alpha value is -2.24. The lowest BCUT2D eigenvalue weighted by molar-refractivity contribution is -0.124. The number of para-hydroxylation sites is 2. The molecule has 1 unspecified atom stereocenters. The number of anilines is 1. The first-order valence-electron chi connectivity index (χ1n) is 8.60. The van der Waals surface area contributed by atoms with Gasteiger partial charge in [0.15, 0.2) is 0 Å². The monoisotopic (exact) mass is 333 g/mol. The van der Waals surface area contributed by atoms with Crippen LogP contribution in [0.25, 0.3) is 0 Å². The number of carbonyl (C=O) groups is 2. The van der Waals surface area contributed by atoms with Crippen molar-refractivity contribution in [1.29, 1.82) is 0 Å². The number of hydrogen-bond donors (Lipinski definition) is 2. The second-order valence-electron chi connectivity index (χ2n) is 6.35. The Kier molecular flexibility index (Phi) is 6.46. The van der Waals surface area contributed by atoms with Crippen molar-refractivity contribution >= 4 is 17.6 Å². The number of likely N-dealkylation sites (tertiary alicyclic amines) is 1. The zero-order valence-corrected chi connectivity index (χ0v) is 14.7. The molecule has 1 aliphatic heterocycles. The van der Waals surface area contributed by atoms with Crippen molar-refractivity contribution in [3.63, 3.8) is 0 Å². The summed E-state index contributed by atoms with van der Waals surface area (Å²) in [6.45, 7) is 7.72. The Balaban J connectivity index is 2.02. The zero-order chi connectivity index (χ0) is 17.5. The van der Waals surface area contributed by atoms with Crippen LogP contribution in [0.4, 0.5) is 10.5 Å². The topological polar surface area (TPSA) is 70.7 Å². The molecule has 2 N–H and O–H groups in total. The molecular formula is C18H27N3O3. The quantitative estimate of drug-likeness (QED) is 0.841. The average Bonchev–Trinajstić information content (AvgIpc) is 3.04. The van der Waals surface area contributed by atoms with Crippen molar-refractivity contribution in [2.24, 2.45) is 5.92 Å². The Morgan fingerprint density at radius 1 is 1.33 bits per heavy atom. The maximum absolute atomic E-state index is 12.6. The molecule has 6 heteroatoms. The molecule has 0 radical (unpaired) electrons. The van der Waals surface area contributed by atoms with E-state index in [9.17, 15) is 9.59 Å². The van der Waals surface area contributed by atoms with Gasteiger partial charge in [0.1, 0.15) is 11.8 Å². The first-order chi connectivity index (χ1) is 11.5. The molecule has 1 aromatic rings. The van der Waals surface area contributed by atoms with Crippen LogP contribution in [0.2, 0.25) is 0 Å². The van der Waals surface area contributed by atoms with Gasteiger partial charge in [0, 0.05) is 13.1 Å². The minimum Gasteiger partial charge on any atom is -0.492 e. The number of ether oxygens (including phenoxy) is 1. The number of carbonyl (C=O) groups excluding carboxylic acids is 2. The fourth-order valence-corrected chi connectivity index (χ4v) is 2.74. The third kappa shape index (κ3) is 4.63. The van der Waals surface area contributed by atoms with Crippen LogP contribution in [0.1, 0.15) is 33.6 Å². The van der Waals surface area contributed by atoms with E-state index in [1.54, 1.807) is 11.0 Å². The van der Waals surface area contributed by atoms with Crippen LogP contribution < -0.4 is 15.4 Å². The number of hydrogen-bond acceptors (Lipinski definition) is 3. The minimum absolute atomic E-state index is 0.0746. The van der Waals surface area contributed by atoms with Gasteiger partial charge in [0.05, 0.1) is 12.3 Å². The molecule has 2 rings (SSSR count). The molecule has 0 saturated carbocycles. The fourth-order valence-electron chi connectivity index (χ4n) is 2.74. The van der Waals surface area contributed by atoms with E-state index in [2.05, 4.69) is 10.6 Å². The van der Waals surface area contributed by atoms with Gasteiger partial charge in [-0.25, -0.2) is 4.79 Å². The molecule has 24 heavy (non-hydrogen) atoms. The molecule has 0 bridgehead atoms. The fraction of sp³-hybridized carbons (Fsp3) is 0.556. The first kappa shape index (κ1) is 18.1. The first-order valence-corrected chi connectivity index (χ1v) is 8.60. The molecule has 1 fully saturated rings. The molecule has 1 atom stereocenters. The van der Waals surface area contributed by atoms with Crippen LogP contribution in [0, 0.1) is 5.92 Å². The Morgan fingerprint density at radius 2 is 2.08 bits per heavy atom. The zero-order valence-electron chi connectivity index (χ0n) is 14.7. The van der Waals surface area contributed by atoms with Crippen molar-refractivity contribution in [2.45, 2.75) is 39.7 Å². The van der Waals surface area contributed by atoms with Gasteiger partial charge in [-0.1, -0.05) is 26.0 Å². The van der Waals surface area contributed by atoms with E-state index >= 15 is 0 Å². The lowest BCUT2D eigenvalue weighted by Gasteiger charge is -2.25. The van der Waals surface area contributed by atoms with Crippen LogP contribution in [-0.4, -0.2) is 42.6 Å². The third-order valence-electron chi connectivity index (χ3n) is 3.93. The Bertz CT molecular complexity index is 574. The summed E-state index contributed by atoms with van der Waals surface area (Å²) >= 11 is 0. The molecule has 3 amide bonds. The molecule has 1 heterocycles. The van der Waals surface area contributed by atoms with E-state index in [-0.39, 0.29) is 11.9 Å². The van der Waals surface area contributed by atoms with Crippen molar-refractivity contribution in [3.8, 4) is 5.75 Å². The van der Waals surface area contributed by atoms with E-state index in [0.717, 1.165) is 6.42 Å². The molecule has 1 aliphatic rings. The number of nitrogens with zero attached hydrogens (tertiary/aromatic N) is 1. The highest BCUT2D eigenvalue weighted by Crippen LogP contribution is 2.25. The van der Waals surface area contributed by atoms with Gasteiger partial charge in [-0.05, 0) is 37.8 Å². The minimum atomic E-state index is -0.400. The van der Waals surface area contributed by atoms with Gasteiger partial charge < -0.3 is 20.3 Å². The largest absolute Gasteiger partial charge is 0.492 e. The second-order valence-corrected chi connectivity index (χ2v) is 6.35. The normalized spacial score (nSPS) is 17.0. The van der Waals surface area contributed by atoms with E-state index < -0.39 is 6.04 Å².